The van der Waals surface area contributed by atoms with Gasteiger partial charge in [-0.15, -0.1) is 0 Å². The van der Waals surface area contributed by atoms with Gasteiger partial charge in [-0.1, -0.05) is 42.5 Å². The van der Waals surface area contributed by atoms with Crippen LogP contribution >= 0.6 is 0 Å². The molecule has 0 saturated carbocycles. The lowest BCUT2D eigenvalue weighted by molar-refractivity contribution is 0.247. The minimum atomic E-state index is -0.0960. The third-order valence-corrected chi connectivity index (χ3v) is 3.42. The molecule has 2 aromatic rings. The van der Waals surface area contributed by atoms with Crippen LogP contribution in [0.2, 0.25) is 0 Å². The third-order valence-electron chi connectivity index (χ3n) is 3.42. The second kappa shape index (κ2) is 5.65. The van der Waals surface area contributed by atoms with Gasteiger partial charge in [0.1, 0.15) is 0 Å². The van der Waals surface area contributed by atoms with E-state index in [1.807, 2.05) is 42.5 Å². The number of rotatable bonds is 4. The number of hydrogen-bond acceptors (Lipinski definition) is 2. The van der Waals surface area contributed by atoms with Crippen LogP contribution in [0.1, 0.15) is 17.2 Å². The monoisotopic (exact) mass is 267 g/mol. The standard InChI is InChI=1S/C16H17N3O/c20-16-18-11-15(19-16)13-6-8-14(9-7-13)17-10-12-4-2-1-3-5-12/h1-9,15,17H,10-11H2,(H2,18,19,20)/t15-/m0/s1. The Hall–Kier alpha value is -2.49. The van der Waals surface area contributed by atoms with Gasteiger partial charge in [-0.05, 0) is 23.3 Å². The second-order valence-electron chi connectivity index (χ2n) is 4.87. The molecule has 3 rings (SSSR count). The van der Waals surface area contributed by atoms with Crippen molar-refractivity contribution in [2.75, 3.05) is 11.9 Å². The summed E-state index contributed by atoms with van der Waals surface area (Å²) in [6, 6.07) is 18.4. The zero-order chi connectivity index (χ0) is 13.8. The molecule has 4 heteroatoms. The van der Waals surface area contributed by atoms with Gasteiger partial charge in [0, 0.05) is 18.8 Å². The molecule has 0 spiro atoms. The molecule has 0 radical (unpaired) electrons. The molecule has 102 valence electrons. The van der Waals surface area contributed by atoms with E-state index in [0.29, 0.717) is 6.54 Å². The molecule has 0 aliphatic carbocycles. The Morgan fingerprint density at radius 3 is 2.45 bits per heavy atom. The zero-order valence-electron chi connectivity index (χ0n) is 11.1. The van der Waals surface area contributed by atoms with Crippen molar-refractivity contribution in [3.8, 4) is 0 Å². The van der Waals surface area contributed by atoms with Crippen molar-refractivity contribution in [2.24, 2.45) is 0 Å². The van der Waals surface area contributed by atoms with Crippen molar-refractivity contribution in [3.63, 3.8) is 0 Å². The Balaban J connectivity index is 1.60. The summed E-state index contributed by atoms with van der Waals surface area (Å²) in [6.07, 6.45) is 0. The molecule has 2 amide bonds. The topological polar surface area (TPSA) is 53.2 Å². The van der Waals surface area contributed by atoms with Crippen molar-refractivity contribution in [2.45, 2.75) is 12.6 Å². The summed E-state index contributed by atoms with van der Waals surface area (Å²) in [4.78, 5) is 11.1. The molecule has 1 saturated heterocycles. The first-order chi connectivity index (χ1) is 9.81. The first kappa shape index (κ1) is 12.5. The van der Waals surface area contributed by atoms with Gasteiger partial charge in [0.25, 0.3) is 0 Å². The highest BCUT2D eigenvalue weighted by molar-refractivity contribution is 5.76. The largest absolute Gasteiger partial charge is 0.381 e. The highest BCUT2D eigenvalue weighted by Gasteiger charge is 2.20. The molecule has 1 heterocycles. The van der Waals surface area contributed by atoms with Crippen LogP contribution in [-0.4, -0.2) is 12.6 Å². The average Bonchev–Trinajstić information content (AvgIpc) is 2.93. The molecule has 2 aromatic carbocycles. The smallest absolute Gasteiger partial charge is 0.315 e. The second-order valence-corrected chi connectivity index (χ2v) is 4.87. The van der Waals surface area contributed by atoms with Gasteiger partial charge in [0.15, 0.2) is 0 Å². The van der Waals surface area contributed by atoms with Crippen LogP contribution in [0, 0.1) is 0 Å². The van der Waals surface area contributed by atoms with Crippen molar-refractivity contribution in [3.05, 3.63) is 65.7 Å². The summed E-state index contributed by atoms with van der Waals surface area (Å²) in [5.74, 6) is 0. The van der Waals surface area contributed by atoms with E-state index in [9.17, 15) is 4.79 Å². The number of carbonyl (C=O) groups excluding carboxylic acids is 1. The lowest BCUT2D eigenvalue weighted by atomic mass is 10.1. The number of carbonyl (C=O) groups is 1. The minimum Gasteiger partial charge on any atom is -0.381 e. The summed E-state index contributed by atoms with van der Waals surface area (Å²) in [6.45, 7) is 1.46. The van der Waals surface area contributed by atoms with E-state index in [4.69, 9.17) is 0 Å². The Labute approximate surface area is 118 Å². The third kappa shape index (κ3) is 2.91. The lowest BCUT2D eigenvalue weighted by Crippen LogP contribution is -2.21. The van der Waals surface area contributed by atoms with Crippen LogP contribution < -0.4 is 16.0 Å². The van der Waals surface area contributed by atoms with Crippen LogP contribution in [-0.2, 0) is 6.54 Å². The normalized spacial score (nSPS) is 17.4. The SMILES string of the molecule is O=C1NC[C@@H](c2ccc(NCc3ccccc3)cc2)N1. The maximum atomic E-state index is 11.1. The maximum Gasteiger partial charge on any atom is 0.315 e. The van der Waals surface area contributed by atoms with Crippen molar-refractivity contribution in [1.82, 2.24) is 10.6 Å². The number of anilines is 1. The van der Waals surface area contributed by atoms with E-state index in [-0.39, 0.29) is 12.1 Å². The van der Waals surface area contributed by atoms with E-state index >= 15 is 0 Å². The van der Waals surface area contributed by atoms with Gasteiger partial charge in [0.05, 0.1) is 6.04 Å². The van der Waals surface area contributed by atoms with E-state index in [2.05, 4.69) is 28.1 Å². The van der Waals surface area contributed by atoms with Crippen molar-refractivity contribution < 1.29 is 4.79 Å². The number of urea groups is 1. The quantitative estimate of drug-likeness (QED) is 0.797. The molecule has 1 aliphatic rings. The number of amides is 2. The highest BCUT2D eigenvalue weighted by Crippen LogP contribution is 2.18. The first-order valence-corrected chi connectivity index (χ1v) is 6.73. The maximum absolute atomic E-state index is 11.1. The zero-order valence-corrected chi connectivity index (χ0v) is 11.1. The number of nitrogens with one attached hydrogen (secondary N) is 3. The lowest BCUT2D eigenvalue weighted by Gasteiger charge is -2.11. The molecular weight excluding hydrogens is 250 g/mol. The fourth-order valence-electron chi connectivity index (χ4n) is 2.29. The van der Waals surface area contributed by atoms with Crippen LogP contribution in [0.4, 0.5) is 10.5 Å². The van der Waals surface area contributed by atoms with Gasteiger partial charge in [0.2, 0.25) is 0 Å². The predicted molar refractivity (Wildman–Crippen MR) is 79.5 cm³/mol. The number of benzene rings is 2. The molecule has 0 aromatic heterocycles. The summed E-state index contributed by atoms with van der Waals surface area (Å²) < 4.78 is 0. The molecule has 1 atom stereocenters. The Morgan fingerprint density at radius 2 is 1.80 bits per heavy atom. The van der Waals surface area contributed by atoms with Gasteiger partial charge in [-0.25, -0.2) is 4.79 Å². The molecule has 3 N–H and O–H groups in total. The van der Waals surface area contributed by atoms with Crippen LogP contribution in [0.5, 0.6) is 0 Å². The fourth-order valence-corrected chi connectivity index (χ4v) is 2.29. The molecular formula is C16H17N3O. The fraction of sp³-hybridized carbons (Fsp3) is 0.188. The van der Waals surface area contributed by atoms with Gasteiger partial charge < -0.3 is 16.0 Å². The van der Waals surface area contributed by atoms with E-state index in [1.165, 1.54) is 5.56 Å². The molecule has 0 unspecified atom stereocenters. The van der Waals surface area contributed by atoms with Crippen molar-refractivity contribution in [1.29, 1.82) is 0 Å². The minimum absolute atomic E-state index is 0.0747. The highest BCUT2D eigenvalue weighted by atomic mass is 16.2. The van der Waals surface area contributed by atoms with Gasteiger partial charge in [-0.2, -0.15) is 0 Å². The Morgan fingerprint density at radius 1 is 1.05 bits per heavy atom. The Bertz CT molecular complexity index is 580. The van der Waals surface area contributed by atoms with Crippen LogP contribution in [0.3, 0.4) is 0 Å². The molecule has 4 nitrogen and oxygen atoms in total. The first-order valence-electron chi connectivity index (χ1n) is 6.73. The molecule has 1 fully saturated rings. The van der Waals surface area contributed by atoms with E-state index < -0.39 is 0 Å². The number of hydrogen-bond donors (Lipinski definition) is 3. The van der Waals surface area contributed by atoms with Crippen LogP contribution in [0.15, 0.2) is 54.6 Å². The molecule has 0 bridgehead atoms. The van der Waals surface area contributed by atoms with Crippen LogP contribution in [0.25, 0.3) is 0 Å². The summed E-state index contributed by atoms with van der Waals surface area (Å²) in [7, 11) is 0. The average molecular weight is 267 g/mol. The molecule has 20 heavy (non-hydrogen) atoms. The van der Waals surface area contributed by atoms with Gasteiger partial charge >= 0.3 is 6.03 Å². The van der Waals surface area contributed by atoms with E-state index in [1.54, 1.807) is 0 Å². The molecule has 1 aliphatic heterocycles. The summed E-state index contributed by atoms with van der Waals surface area (Å²) in [5.41, 5.74) is 3.45. The predicted octanol–water partition coefficient (Wildman–Crippen LogP) is 2.65. The Kier molecular flexibility index (Phi) is 3.54. The van der Waals surface area contributed by atoms with Crippen molar-refractivity contribution >= 4 is 11.7 Å². The van der Waals surface area contributed by atoms with E-state index in [0.717, 1.165) is 17.8 Å². The summed E-state index contributed by atoms with van der Waals surface area (Å²) >= 11 is 0. The summed E-state index contributed by atoms with van der Waals surface area (Å²) in [5, 5.41) is 9.03. The van der Waals surface area contributed by atoms with Gasteiger partial charge in [-0.3, -0.25) is 0 Å².